The molecule has 9 aromatic carbocycles. The Morgan fingerprint density at radius 2 is 1.02 bits per heavy atom. The summed E-state index contributed by atoms with van der Waals surface area (Å²) >= 11 is 0. The number of hydrogen-bond donors (Lipinski definition) is 0. The van der Waals surface area contributed by atoms with Gasteiger partial charge in [-0.05, 0) is 100 Å². The van der Waals surface area contributed by atoms with Crippen LogP contribution in [0, 0.1) is 0 Å². The first-order valence-corrected chi connectivity index (χ1v) is 18.1. The molecule has 0 N–H and O–H groups in total. The van der Waals surface area contributed by atoms with Crippen molar-refractivity contribution < 1.29 is 15.4 Å². The molecule has 3 nitrogen and oxygen atoms in total. The predicted molar refractivity (Wildman–Crippen MR) is 231 cm³/mol. The Kier molecular flexibility index (Phi) is 5.53. The first-order chi connectivity index (χ1) is 30.6. The van der Waals surface area contributed by atoms with Gasteiger partial charge >= 0.3 is 0 Å². The lowest BCUT2D eigenvalue weighted by atomic mass is 9.96. The number of furan rings is 1. The van der Waals surface area contributed by atoms with Crippen molar-refractivity contribution in [1.29, 1.82) is 0 Å². The second-order valence-electron chi connectivity index (χ2n) is 13.5. The molecule has 0 amide bonds. The van der Waals surface area contributed by atoms with Crippen LogP contribution < -0.4 is 4.90 Å². The molecule has 11 rings (SSSR count). The second kappa shape index (κ2) is 12.6. The van der Waals surface area contributed by atoms with Crippen LogP contribution in [0.2, 0.25) is 0 Å². The van der Waals surface area contributed by atoms with E-state index in [0.717, 1.165) is 37.9 Å². The first kappa shape index (κ1) is 24.1. The van der Waals surface area contributed by atoms with E-state index in [0.29, 0.717) is 39.0 Å². The average Bonchev–Trinajstić information content (AvgIpc) is 3.85. The highest BCUT2D eigenvalue weighted by Crippen LogP contribution is 2.46. The van der Waals surface area contributed by atoms with Crippen LogP contribution >= 0.6 is 0 Å². The number of anilines is 3. The fourth-order valence-electron chi connectivity index (χ4n) is 7.84. The van der Waals surface area contributed by atoms with Crippen LogP contribution in [0.25, 0.3) is 82.5 Å². The normalized spacial score (nSPS) is 13.7. The minimum atomic E-state index is -0.426. The molecule has 0 radical (unpaired) electrons. The number of hydrogen-bond acceptors (Lipinski definition) is 2. The van der Waals surface area contributed by atoms with Crippen LogP contribution in [0.3, 0.4) is 0 Å². The summed E-state index contributed by atoms with van der Waals surface area (Å²) in [5.74, 6) is 0. The number of aromatic nitrogens is 1. The van der Waals surface area contributed by atoms with Crippen molar-refractivity contribution >= 4 is 71.6 Å². The maximum Gasteiger partial charge on any atom is 0.136 e. The fraction of sp³-hybridized carbons (Fsp3) is 0. The van der Waals surface area contributed by atoms with Gasteiger partial charge in [-0.25, -0.2) is 0 Å². The number of rotatable bonds is 6. The van der Waals surface area contributed by atoms with Gasteiger partial charge < -0.3 is 13.9 Å². The van der Waals surface area contributed by atoms with Crippen molar-refractivity contribution in [1.82, 2.24) is 4.57 Å². The SMILES string of the molecule is [2H]c1c([2H])c(N(c2ccccc2-c2cccc3oc4cc5ccccc5cc4c23)c2c([2H])c([2H])c(-n3c4ccccc4c4ccccc43)c([2H])c2[2H])c([2H])c([2H])c1-c1ccccc1. The molecular weight excluding hydrogens is 669 g/mol. The largest absolute Gasteiger partial charge is 0.456 e. The van der Waals surface area contributed by atoms with Crippen molar-refractivity contribution in [3.05, 3.63) is 206 Å². The van der Waals surface area contributed by atoms with Gasteiger partial charge in [0.05, 0.1) is 27.7 Å². The Hall–Kier alpha value is -7.36. The maximum atomic E-state index is 9.84. The van der Waals surface area contributed by atoms with E-state index in [4.69, 9.17) is 4.42 Å². The van der Waals surface area contributed by atoms with Crippen molar-refractivity contribution in [2.45, 2.75) is 0 Å². The molecular formula is C52H34N2O. The van der Waals surface area contributed by atoms with Gasteiger partial charge in [-0.3, -0.25) is 0 Å². The van der Waals surface area contributed by atoms with E-state index in [-0.39, 0.29) is 46.8 Å². The summed E-state index contributed by atoms with van der Waals surface area (Å²) in [5.41, 5.74) is 4.52. The van der Waals surface area contributed by atoms with E-state index in [1.165, 1.54) is 4.90 Å². The van der Waals surface area contributed by atoms with E-state index in [1.54, 1.807) is 41.0 Å². The standard InChI is InChI=1S/C52H34N2O/c1-2-13-35(14-3-1)36-25-27-39(28-26-36)53(40-29-31-41(32-30-40)54-48-22-10-6-17-42(48)43-18-7-11-23-49(43)54)47-21-9-8-19-44(47)45-20-12-24-50-52(45)46-33-37-15-4-5-16-38(37)34-51(46)55-50/h1-34H/i25D,26D,27D,28D,29D,30D,31D,32D. The average molecular weight is 711 g/mol. The third-order valence-electron chi connectivity index (χ3n) is 10.3. The summed E-state index contributed by atoms with van der Waals surface area (Å²) in [6, 6.07) is 46.2. The molecule has 0 aliphatic carbocycles. The van der Waals surface area contributed by atoms with Gasteiger partial charge in [-0.2, -0.15) is 0 Å². The highest BCUT2D eigenvalue weighted by atomic mass is 16.3. The molecule has 55 heavy (non-hydrogen) atoms. The Labute approximate surface area is 329 Å². The third-order valence-corrected chi connectivity index (χ3v) is 10.3. The maximum absolute atomic E-state index is 9.84. The quantitative estimate of drug-likeness (QED) is 0.171. The summed E-state index contributed by atoms with van der Waals surface area (Å²) in [4.78, 5) is 1.39. The van der Waals surface area contributed by atoms with Gasteiger partial charge in [0, 0.05) is 44.2 Å². The van der Waals surface area contributed by atoms with E-state index in [2.05, 4.69) is 6.07 Å². The molecule has 2 heterocycles. The van der Waals surface area contributed by atoms with Crippen LogP contribution in [0.15, 0.2) is 210 Å². The summed E-state index contributed by atoms with van der Waals surface area (Å²) in [7, 11) is 0. The Morgan fingerprint density at radius 3 is 1.75 bits per heavy atom. The minimum Gasteiger partial charge on any atom is -0.456 e. The zero-order valence-electron chi connectivity index (χ0n) is 37.3. The summed E-state index contributed by atoms with van der Waals surface area (Å²) < 4.78 is 85.3. The molecule has 0 saturated carbocycles. The van der Waals surface area contributed by atoms with Gasteiger partial charge in [-0.15, -0.1) is 0 Å². The molecule has 0 spiro atoms. The summed E-state index contributed by atoms with van der Waals surface area (Å²) in [5, 5.41) is 5.47. The molecule has 0 bridgehead atoms. The Morgan fingerprint density at radius 1 is 0.436 bits per heavy atom. The molecule has 0 atom stereocenters. The van der Waals surface area contributed by atoms with Crippen LogP contribution in [0.4, 0.5) is 17.1 Å². The Bertz CT molecular complexity index is 3580. The number of nitrogens with zero attached hydrogens (tertiary/aromatic N) is 2. The van der Waals surface area contributed by atoms with E-state index >= 15 is 0 Å². The lowest BCUT2D eigenvalue weighted by Crippen LogP contribution is -2.11. The first-order valence-electron chi connectivity index (χ1n) is 22.1. The zero-order chi connectivity index (χ0) is 43.3. The zero-order valence-corrected chi connectivity index (χ0v) is 29.3. The lowest BCUT2D eigenvalue weighted by molar-refractivity contribution is 0.669. The van der Waals surface area contributed by atoms with Gasteiger partial charge in [-0.1, -0.05) is 133 Å². The molecule has 3 heteroatoms. The fourth-order valence-corrected chi connectivity index (χ4v) is 7.84. The van der Waals surface area contributed by atoms with Gasteiger partial charge in [0.15, 0.2) is 0 Å². The second-order valence-corrected chi connectivity index (χ2v) is 13.5. The van der Waals surface area contributed by atoms with Gasteiger partial charge in [0.1, 0.15) is 11.2 Å². The van der Waals surface area contributed by atoms with E-state index in [9.17, 15) is 11.0 Å². The number of fused-ring (bicyclic) bond motifs is 7. The molecule has 258 valence electrons. The molecule has 11 aromatic rings. The van der Waals surface area contributed by atoms with Crippen molar-refractivity contribution in [2.24, 2.45) is 0 Å². The van der Waals surface area contributed by atoms with Crippen molar-refractivity contribution in [2.75, 3.05) is 4.90 Å². The van der Waals surface area contributed by atoms with Crippen LogP contribution in [0.1, 0.15) is 11.0 Å². The highest BCUT2D eigenvalue weighted by Gasteiger charge is 2.21. The smallest absolute Gasteiger partial charge is 0.136 e. The third kappa shape index (κ3) is 5.13. The van der Waals surface area contributed by atoms with E-state index < -0.39 is 24.2 Å². The van der Waals surface area contributed by atoms with Gasteiger partial charge in [0.25, 0.3) is 0 Å². The van der Waals surface area contributed by atoms with E-state index in [1.807, 2.05) is 115 Å². The van der Waals surface area contributed by atoms with Crippen molar-refractivity contribution in [3.8, 4) is 27.9 Å². The molecule has 0 fully saturated rings. The Balaban J connectivity index is 1.23. The predicted octanol–water partition coefficient (Wildman–Crippen LogP) is 14.6. The highest BCUT2D eigenvalue weighted by molar-refractivity contribution is 6.16. The molecule has 0 unspecified atom stereocenters. The molecule has 0 aliphatic heterocycles. The minimum absolute atomic E-state index is 0.0419. The summed E-state index contributed by atoms with van der Waals surface area (Å²) in [6.45, 7) is 0. The lowest BCUT2D eigenvalue weighted by Gasteiger charge is -2.28. The topological polar surface area (TPSA) is 21.3 Å². The van der Waals surface area contributed by atoms with Crippen LogP contribution in [0.5, 0.6) is 0 Å². The molecule has 0 saturated heterocycles. The van der Waals surface area contributed by atoms with Crippen LogP contribution in [-0.4, -0.2) is 4.57 Å². The number of para-hydroxylation sites is 3. The molecule has 2 aromatic heterocycles. The van der Waals surface area contributed by atoms with Crippen LogP contribution in [-0.2, 0) is 0 Å². The monoisotopic (exact) mass is 710 g/mol. The van der Waals surface area contributed by atoms with Gasteiger partial charge in [0.2, 0.25) is 0 Å². The number of benzene rings is 9. The van der Waals surface area contributed by atoms with Crippen molar-refractivity contribution in [3.63, 3.8) is 0 Å². The summed E-state index contributed by atoms with van der Waals surface area (Å²) in [6.07, 6.45) is 0. The molecule has 0 aliphatic rings.